The summed E-state index contributed by atoms with van der Waals surface area (Å²) in [5.74, 6) is 0.883. The summed E-state index contributed by atoms with van der Waals surface area (Å²) in [6.07, 6.45) is 6.89. The highest BCUT2D eigenvalue weighted by atomic mass is 16.5. The summed E-state index contributed by atoms with van der Waals surface area (Å²) in [5.41, 5.74) is 0. The average Bonchev–Trinajstić information content (AvgIpc) is 2.95. The Labute approximate surface area is 120 Å². The fourth-order valence-electron chi connectivity index (χ4n) is 3.21. The van der Waals surface area contributed by atoms with Gasteiger partial charge in [-0.1, -0.05) is 26.7 Å². The Kier molecular flexibility index (Phi) is 8.67. The Morgan fingerprint density at radius 1 is 1.26 bits per heavy atom. The van der Waals surface area contributed by atoms with Gasteiger partial charge in [0.05, 0.1) is 6.61 Å². The summed E-state index contributed by atoms with van der Waals surface area (Å²) in [6.45, 7) is 11.0. The van der Waals surface area contributed by atoms with Crippen LogP contribution in [-0.2, 0) is 4.74 Å². The molecule has 0 radical (unpaired) electrons. The van der Waals surface area contributed by atoms with Crippen LogP contribution < -0.4 is 5.32 Å². The van der Waals surface area contributed by atoms with Crippen molar-refractivity contribution in [2.75, 3.05) is 33.4 Å². The number of likely N-dealkylation sites (N-methyl/N-ethyl adjacent to an activating group) is 1. The molecule has 0 aromatic carbocycles. The first-order valence-corrected chi connectivity index (χ1v) is 8.19. The maximum atomic E-state index is 5.27. The molecule has 0 heterocycles. The van der Waals surface area contributed by atoms with E-state index in [9.17, 15) is 0 Å². The summed E-state index contributed by atoms with van der Waals surface area (Å²) < 4.78 is 5.27. The highest BCUT2D eigenvalue weighted by Crippen LogP contribution is 2.28. The van der Waals surface area contributed by atoms with Gasteiger partial charge in [-0.15, -0.1) is 0 Å². The topological polar surface area (TPSA) is 24.5 Å². The highest BCUT2D eigenvalue weighted by molar-refractivity contribution is 4.84. The van der Waals surface area contributed by atoms with Crippen molar-refractivity contribution in [3.8, 4) is 0 Å². The van der Waals surface area contributed by atoms with E-state index in [4.69, 9.17) is 4.74 Å². The van der Waals surface area contributed by atoms with Crippen molar-refractivity contribution < 1.29 is 4.74 Å². The van der Waals surface area contributed by atoms with Crippen LogP contribution in [0, 0.1) is 5.92 Å². The quantitative estimate of drug-likeness (QED) is 0.660. The largest absolute Gasteiger partial charge is 0.383 e. The van der Waals surface area contributed by atoms with E-state index in [0.717, 1.165) is 25.6 Å². The molecule has 3 nitrogen and oxygen atoms in total. The lowest BCUT2D eigenvalue weighted by atomic mass is 9.97. The fraction of sp³-hybridized carbons (Fsp3) is 1.00. The van der Waals surface area contributed by atoms with Crippen LogP contribution in [-0.4, -0.2) is 50.3 Å². The maximum Gasteiger partial charge on any atom is 0.0589 e. The fourth-order valence-corrected chi connectivity index (χ4v) is 3.21. The number of nitrogens with one attached hydrogen (secondary N) is 1. The molecule has 1 fully saturated rings. The van der Waals surface area contributed by atoms with Crippen molar-refractivity contribution in [2.45, 2.75) is 65.0 Å². The molecule has 114 valence electrons. The zero-order valence-corrected chi connectivity index (χ0v) is 13.5. The van der Waals surface area contributed by atoms with Gasteiger partial charge in [-0.25, -0.2) is 0 Å². The zero-order chi connectivity index (χ0) is 14.1. The second-order valence-corrected chi connectivity index (χ2v) is 5.95. The van der Waals surface area contributed by atoms with Crippen molar-refractivity contribution in [1.29, 1.82) is 0 Å². The first kappa shape index (κ1) is 16.9. The molecule has 0 bridgehead atoms. The van der Waals surface area contributed by atoms with Crippen LogP contribution in [0.2, 0.25) is 0 Å². The Hall–Kier alpha value is -0.120. The van der Waals surface area contributed by atoms with E-state index in [2.05, 4.69) is 31.0 Å². The number of nitrogens with zero attached hydrogens (tertiary/aromatic N) is 1. The first-order valence-electron chi connectivity index (χ1n) is 8.19. The van der Waals surface area contributed by atoms with Crippen LogP contribution in [0.1, 0.15) is 52.9 Å². The van der Waals surface area contributed by atoms with Gasteiger partial charge in [0.1, 0.15) is 0 Å². The summed E-state index contributed by atoms with van der Waals surface area (Å²) in [5, 5.41) is 3.73. The molecule has 1 N–H and O–H groups in total. The lowest BCUT2D eigenvalue weighted by Gasteiger charge is -2.34. The van der Waals surface area contributed by atoms with E-state index in [-0.39, 0.29) is 0 Å². The predicted molar refractivity (Wildman–Crippen MR) is 82.6 cm³/mol. The van der Waals surface area contributed by atoms with Crippen LogP contribution in [0.25, 0.3) is 0 Å². The summed E-state index contributed by atoms with van der Waals surface area (Å²) in [4.78, 5) is 2.61. The van der Waals surface area contributed by atoms with Crippen molar-refractivity contribution >= 4 is 0 Å². The summed E-state index contributed by atoms with van der Waals surface area (Å²) in [7, 11) is 1.80. The molecule has 3 heteroatoms. The highest BCUT2D eigenvalue weighted by Gasteiger charge is 2.27. The Balaban J connectivity index is 2.54. The van der Waals surface area contributed by atoms with Crippen LogP contribution in [0.4, 0.5) is 0 Å². The monoisotopic (exact) mass is 270 g/mol. The minimum Gasteiger partial charge on any atom is -0.383 e. The molecule has 0 aliphatic heterocycles. The second kappa shape index (κ2) is 9.73. The smallest absolute Gasteiger partial charge is 0.0589 e. The molecule has 0 amide bonds. The second-order valence-electron chi connectivity index (χ2n) is 5.95. The molecular formula is C16H34N2O. The molecule has 0 spiro atoms. The van der Waals surface area contributed by atoms with Gasteiger partial charge in [0.2, 0.25) is 0 Å². The lowest BCUT2D eigenvalue weighted by Crippen LogP contribution is -2.48. The van der Waals surface area contributed by atoms with E-state index >= 15 is 0 Å². The van der Waals surface area contributed by atoms with E-state index in [1.807, 2.05) is 0 Å². The SMILES string of the molecule is CCNC(CN(CCOC)C(C)CC)C1CCCC1. The molecule has 0 aromatic heterocycles. The predicted octanol–water partition coefficient (Wildman–Crippen LogP) is 2.90. The van der Waals surface area contributed by atoms with E-state index in [1.54, 1.807) is 7.11 Å². The third-order valence-electron chi connectivity index (χ3n) is 4.66. The van der Waals surface area contributed by atoms with E-state index in [1.165, 1.54) is 38.6 Å². The molecule has 0 saturated heterocycles. The van der Waals surface area contributed by atoms with Crippen LogP contribution >= 0.6 is 0 Å². The Morgan fingerprint density at radius 3 is 2.47 bits per heavy atom. The normalized spacial score (nSPS) is 20.1. The van der Waals surface area contributed by atoms with Crippen LogP contribution in [0.5, 0.6) is 0 Å². The number of rotatable bonds is 10. The zero-order valence-electron chi connectivity index (χ0n) is 13.5. The Bertz CT molecular complexity index is 217. The Morgan fingerprint density at radius 2 is 1.95 bits per heavy atom. The molecule has 19 heavy (non-hydrogen) atoms. The average molecular weight is 270 g/mol. The van der Waals surface area contributed by atoms with Gasteiger partial charge < -0.3 is 10.1 Å². The molecule has 0 aromatic rings. The minimum absolute atomic E-state index is 0.651. The van der Waals surface area contributed by atoms with Gasteiger partial charge >= 0.3 is 0 Å². The molecule has 2 unspecified atom stereocenters. The molecular weight excluding hydrogens is 236 g/mol. The van der Waals surface area contributed by atoms with Crippen LogP contribution in [0.15, 0.2) is 0 Å². The molecule has 1 saturated carbocycles. The standard InChI is InChI=1S/C16H34N2O/c1-5-14(3)18(11-12-19-4)13-16(17-6-2)15-9-7-8-10-15/h14-17H,5-13H2,1-4H3. The van der Waals surface area contributed by atoms with Crippen LogP contribution in [0.3, 0.4) is 0 Å². The number of methoxy groups -OCH3 is 1. The van der Waals surface area contributed by atoms with Gasteiger partial charge in [-0.05, 0) is 38.6 Å². The first-order chi connectivity index (χ1) is 9.22. The third kappa shape index (κ3) is 5.80. The molecule has 1 aliphatic carbocycles. The minimum atomic E-state index is 0.651. The number of hydrogen-bond donors (Lipinski definition) is 1. The lowest BCUT2D eigenvalue weighted by molar-refractivity contribution is 0.106. The maximum absolute atomic E-state index is 5.27. The van der Waals surface area contributed by atoms with Gasteiger partial charge in [0.25, 0.3) is 0 Å². The van der Waals surface area contributed by atoms with Crippen molar-refractivity contribution in [1.82, 2.24) is 10.2 Å². The van der Waals surface area contributed by atoms with Crippen molar-refractivity contribution in [2.24, 2.45) is 5.92 Å². The molecule has 1 aliphatic rings. The van der Waals surface area contributed by atoms with Gasteiger partial charge in [-0.2, -0.15) is 0 Å². The van der Waals surface area contributed by atoms with E-state index in [0.29, 0.717) is 12.1 Å². The van der Waals surface area contributed by atoms with Crippen molar-refractivity contribution in [3.05, 3.63) is 0 Å². The molecule has 2 atom stereocenters. The van der Waals surface area contributed by atoms with Crippen molar-refractivity contribution in [3.63, 3.8) is 0 Å². The van der Waals surface area contributed by atoms with Gasteiger partial charge in [0.15, 0.2) is 0 Å². The van der Waals surface area contributed by atoms with E-state index < -0.39 is 0 Å². The number of ether oxygens (including phenoxy) is 1. The molecule has 1 rings (SSSR count). The van der Waals surface area contributed by atoms with Gasteiger partial charge in [-0.3, -0.25) is 4.90 Å². The summed E-state index contributed by atoms with van der Waals surface area (Å²) >= 11 is 0. The number of hydrogen-bond acceptors (Lipinski definition) is 3. The third-order valence-corrected chi connectivity index (χ3v) is 4.66. The summed E-state index contributed by atoms with van der Waals surface area (Å²) in [6, 6.07) is 1.32. The van der Waals surface area contributed by atoms with Gasteiger partial charge in [0, 0.05) is 32.3 Å².